The lowest BCUT2D eigenvalue weighted by molar-refractivity contribution is -0.141. The van der Waals surface area contributed by atoms with Crippen molar-refractivity contribution >= 4 is 40.9 Å². The Morgan fingerprint density at radius 1 is 1.08 bits per heavy atom. The van der Waals surface area contributed by atoms with Crippen molar-refractivity contribution in [2.45, 2.75) is 48.3 Å². The number of carbonyl (C=O) groups is 3. The summed E-state index contributed by atoms with van der Waals surface area (Å²) < 4.78 is 3.99. The van der Waals surface area contributed by atoms with Gasteiger partial charge in [-0.15, -0.1) is 11.8 Å². The smallest absolute Gasteiger partial charge is 0.248 e. The van der Waals surface area contributed by atoms with Crippen molar-refractivity contribution in [1.82, 2.24) is 4.90 Å². The topological polar surface area (TPSA) is 108 Å². The number of amides is 3. The minimum atomic E-state index is -0.805. The van der Waals surface area contributed by atoms with E-state index in [-0.39, 0.29) is 24.3 Å². The van der Waals surface area contributed by atoms with Crippen LogP contribution in [0.25, 0.3) is 0 Å². The lowest BCUT2D eigenvalue weighted by Crippen LogP contribution is -2.54. The normalized spacial score (nSPS) is 31.2. The summed E-state index contributed by atoms with van der Waals surface area (Å²) in [5.41, 5.74) is 1.26. The molecular formula is C27H31N3O5S. The van der Waals surface area contributed by atoms with Crippen molar-refractivity contribution in [3.63, 3.8) is 0 Å². The van der Waals surface area contributed by atoms with Crippen molar-refractivity contribution in [1.29, 1.82) is 0 Å². The van der Waals surface area contributed by atoms with Gasteiger partial charge in [0.15, 0.2) is 0 Å². The van der Waals surface area contributed by atoms with E-state index >= 15 is 0 Å². The first-order valence-corrected chi connectivity index (χ1v) is 13.0. The summed E-state index contributed by atoms with van der Waals surface area (Å²) in [5, 5.41) is 15.9. The molecule has 2 aromatic carbocycles. The number of aliphatic hydroxyl groups excluding tert-OH is 1. The number of fused-ring (bicyclic) bond motifs is 1. The third-order valence-electron chi connectivity index (χ3n) is 7.88. The monoisotopic (exact) mass is 509 g/mol. The van der Waals surface area contributed by atoms with Crippen LogP contribution in [-0.2, 0) is 14.4 Å². The van der Waals surface area contributed by atoms with Crippen LogP contribution >= 0.6 is 11.8 Å². The Kier molecular flexibility index (Phi) is 6.24. The molecule has 36 heavy (non-hydrogen) atoms. The van der Waals surface area contributed by atoms with E-state index in [1.54, 1.807) is 50.1 Å². The maximum Gasteiger partial charge on any atom is 0.248 e. The number of rotatable bonds is 7. The van der Waals surface area contributed by atoms with Crippen LogP contribution in [0.3, 0.4) is 0 Å². The van der Waals surface area contributed by atoms with Crippen molar-refractivity contribution < 1.29 is 24.2 Å². The quantitative estimate of drug-likeness (QED) is 0.529. The van der Waals surface area contributed by atoms with E-state index in [1.807, 2.05) is 37.3 Å². The van der Waals surface area contributed by atoms with Crippen molar-refractivity contribution in [3.8, 4) is 5.75 Å². The van der Waals surface area contributed by atoms with Crippen LogP contribution < -0.4 is 15.4 Å². The standard InChI is InChI=1S/C27H31N3O5S/c1-16(15-31)30-22(24(33)29-18-9-11-19(35-3)12-10-18)27-14-13-26(2,36-27)20(21(27)25(30)34)23(32)28-17-7-5-4-6-8-17/h4-12,16,20-22,31H,13-15H2,1-3H3,(H,28,32)(H,29,33)/t16-,20+,21+,22?,26-,27?/m1/s1. The molecule has 2 aromatic rings. The van der Waals surface area contributed by atoms with Gasteiger partial charge in [0.2, 0.25) is 17.7 Å². The number of aliphatic hydroxyl groups is 1. The lowest BCUT2D eigenvalue weighted by Gasteiger charge is -2.36. The van der Waals surface area contributed by atoms with Gasteiger partial charge in [0.25, 0.3) is 0 Å². The number of para-hydroxylation sites is 1. The molecule has 2 bridgehead atoms. The zero-order valence-corrected chi connectivity index (χ0v) is 21.4. The molecule has 3 heterocycles. The lowest BCUT2D eigenvalue weighted by atomic mass is 9.66. The molecule has 0 radical (unpaired) electrons. The van der Waals surface area contributed by atoms with Gasteiger partial charge in [-0.25, -0.2) is 0 Å². The third-order valence-corrected chi connectivity index (χ3v) is 9.87. The maximum absolute atomic E-state index is 14.0. The summed E-state index contributed by atoms with van der Waals surface area (Å²) in [5.74, 6) is -1.32. The molecule has 2 unspecified atom stereocenters. The first-order chi connectivity index (χ1) is 17.2. The van der Waals surface area contributed by atoms with E-state index in [0.29, 0.717) is 23.5 Å². The van der Waals surface area contributed by atoms with Gasteiger partial charge in [-0.2, -0.15) is 0 Å². The van der Waals surface area contributed by atoms with Crippen LogP contribution in [0.15, 0.2) is 54.6 Å². The van der Waals surface area contributed by atoms with E-state index in [9.17, 15) is 19.5 Å². The van der Waals surface area contributed by atoms with Crippen molar-refractivity contribution in [2.24, 2.45) is 11.8 Å². The predicted octanol–water partition coefficient (Wildman–Crippen LogP) is 3.13. The van der Waals surface area contributed by atoms with Crippen LogP contribution in [0.4, 0.5) is 11.4 Å². The van der Waals surface area contributed by atoms with Crippen LogP contribution in [0, 0.1) is 11.8 Å². The summed E-state index contributed by atoms with van der Waals surface area (Å²) in [7, 11) is 1.57. The fourth-order valence-electron chi connectivity index (χ4n) is 6.25. The average molecular weight is 510 g/mol. The van der Waals surface area contributed by atoms with E-state index in [2.05, 4.69) is 10.6 Å². The Labute approximate surface area is 214 Å². The van der Waals surface area contributed by atoms with Crippen LogP contribution in [0.1, 0.15) is 26.7 Å². The molecule has 5 rings (SSSR count). The first kappa shape index (κ1) is 24.6. The van der Waals surface area contributed by atoms with Gasteiger partial charge >= 0.3 is 0 Å². The summed E-state index contributed by atoms with van der Waals surface area (Å²) in [6, 6.07) is 14.8. The third kappa shape index (κ3) is 3.76. The highest BCUT2D eigenvalue weighted by Gasteiger charge is 2.77. The van der Waals surface area contributed by atoms with Crippen LogP contribution in [0.5, 0.6) is 5.75 Å². The van der Waals surface area contributed by atoms with Crippen molar-refractivity contribution in [3.05, 3.63) is 54.6 Å². The molecule has 0 aromatic heterocycles. The molecule has 1 spiro atoms. The Balaban J connectivity index is 1.49. The largest absolute Gasteiger partial charge is 0.497 e. The summed E-state index contributed by atoms with van der Waals surface area (Å²) >= 11 is 1.60. The predicted molar refractivity (Wildman–Crippen MR) is 139 cm³/mol. The molecule has 0 saturated carbocycles. The highest BCUT2D eigenvalue weighted by molar-refractivity contribution is 8.02. The van der Waals surface area contributed by atoms with Gasteiger partial charge in [0.05, 0.1) is 36.3 Å². The summed E-state index contributed by atoms with van der Waals surface area (Å²) in [6.45, 7) is 3.50. The highest BCUT2D eigenvalue weighted by Crippen LogP contribution is 2.71. The number of nitrogens with zero attached hydrogens (tertiary/aromatic N) is 1. The van der Waals surface area contributed by atoms with Gasteiger partial charge in [-0.3, -0.25) is 14.4 Å². The van der Waals surface area contributed by atoms with Gasteiger partial charge in [0, 0.05) is 16.1 Å². The number of benzene rings is 2. The molecule has 3 N–H and O–H groups in total. The van der Waals surface area contributed by atoms with Crippen LogP contribution in [0.2, 0.25) is 0 Å². The number of nitrogens with one attached hydrogen (secondary N) is 2. The zero-order chi connectivity index (χ0) is 25.7. The number of methoxy groups -OCH3 is 1. The molecular weight excluding hydrogens is 478 g/mol. The zero-order valence-electron chi connectivity index (χ0n) is 20.6. The number of hydrogen-bond acceptors (Lipinski definition) is 6. The highest BCUT2D eigenvalue weighted by atomic mass is 32.2. The maximum atomic E-state index is 14.0. The molecule has 3 aliphatic heterocycles. The Bertz CT molecular complexity index is 1180. The number of ether oxygens (including phenoxy) is 1. The fourth-order valence-corrected chi connectivity index (χ4v) is 8.60. The van der Waals surface area contributed by atoms with Gasteiger partial charge in [-0.1, -0.05) is 18.2 Å². The van der Waals surface area contributed by atoms with E-state index in [1.165, 1.54) is 4.90 Å². The molecule has 3 aliphatic rings. The fraction of sp³-hybridized carbons (Fsp3) is 0.444. The summed E-state index contributed by atoms with van der Waals surface area (Å²) in [6.07, 6.45) is 1.37. The number of hydrogen-bond donors (Lipinski definition) is 3. The molecule has 8 nitrogen and oxygen atoms in total. The number of carbonyl (C=O) groups excluding carboxylic acids is 3. The van der Waals surface area contributed by atoms with Crippen LogP contribution in [-0.4, -0.2) is 63.0 Å². The molecule has 6 atom stereocenters. The first-order valence-electron chi connectivity index (χ1n) is 12.2. The minimum Gasteiger partial charge on any atom is -0.497 e. The van der Waals surface area contributed by atoms with Crippen molar-refractivity contribution in [2.75, 3.05) is 24.4 Å². The average Bonchev–Trinajstić information content (AvgIpc) is 3.45. The summed E-state index contributed by atoms with van der Waals surface area (Å²) in [4.78, 5) is 42.9. The van der Waals surface area contributed by atoms with Gasteiger partial charge in [0.1, 0.15) is 11.8 Å². The molecule has 190 valence electrons. The SMILES string of the molecule is COc1ccc(NC(=O)C2N([C@H](C)CO)C(=O)[C@@H]3[C@@H](C(=O)Nc4ccccc4)[C@@]4(C)CCC23S4)cc1. The van der Waals surface area contributed by atoms with Gasteiger partial charge < -0.3 is 25.4 Å². The molecule has 0 aliphatic carbocycles. The number of likely N-dealkylation sites (tertiary alicyclic amines) is 1. The molecule has 3 fully saturated rings. The number of thioether (sulfide) groups is 1. The second-order valence-corrected chi connectivity index (χ2v) is 12.0. The molecule has 3 saturated heterocycles. The van der Waals surface area contributed by atoms with E-state index in [4.69, 9.17) is 4.74 Å². The van der Waals surface area contributed by atoms with E-state index < -0.39 is 33.4 Å². The second-order valence-electron chi connectivity index (χ2n) is 10.1. The minimum absolute atomic E-state index is 0.205. The molecule has 3 amide bonds. The van der Waals surface area contributed by atoms with E-state index in [0.717, 1.165) is 6.42 Å². The Morgan fingerprint density at radius 3 is 2.36 bits per heavy atom. The Hall–Kier alpha value is -3.04. The number of anilines is 2. The van der Waals surface area contributed by atoms with Gasteiger partial charge in [-0.05, 0) is 63.1 Å². The molecule has 9 heteroatoms. The second kappa shape index (κ2) is 9.12. The Morgan fingerprint density at radius 2 is 1.72 bits per heavy atom.